The van der Waals surface area contributed by atoms with Crippen LogP contribution in [0, 0.1) is 13.8 Å². The van der Waals surface area contributed by atoms with Gasteiger partial charge in [-0.1, -0.05) is 0 Å². The number of aryl methyl sites for hydroxylation is 2. The van der Waals surface area contributed by atoms with Gasteiger partial charge >= 0.3 is 6.18 Å². The largest absolute Gasteiger partial charge is 0.453 e. The van der Waals surface area contributed by atoms with Crippen LogP contribution in [0.3, 0.4) is 0 Å². The van der Waals surface area contributed by atoms with Gasteiger partial charge in [0.25, 0.3) is 11.6 Å². The summed E-state index contributed by atoms with van der Waals surface area (Å²) in [5.41, 5.74) is 1.74. The van der Waals surface area contributed by atoms with Crippen LogP contribution in [-0.4, -0.2) is 45.1 Å². The number of nitrogens with zero attached hydrogens (tertiary/aromatic N) is 4. The van der Waals surface area contributed by atoms with Crippen LogP contribution in [0.5, 0.6) is 0 Å². The van der Waals surface area contributed by atoms with E-state index < -0.39 is 12.0 Å². The van der Waals surface area contributed by atoms with Crippen molar-refractivity contribution < 1.29 is 18.0 Å². The molecule has 0 aliphatic rings. The first-order chi connectivity index (χ1) is 11.6. The maximum absolute atomic E-state index is 12.8. The summed E-state index contributed by atoms with van der Waals surface area (Å²) in [4.78, 5) is 19.4. The van der Waals surface area contributed by atoms with E-state index in [0.29, 0.717) is 29.9 Å². The summed E-state index contributed by atoms with van der Waals surface area (Å²) in [5, 5.41) is 9.30. The lowest BCUT2D eigenvalue weighted by Gasteiger charge is -2.13. The molecule has 2 heterocycles. The Morgan fingerprint density at radius 3 is 2.50 bits per heavy atom. The van der Waals surface area contributed by atoms with Crippen LogP contribution in [-0.2, 0) is 17.4 Å². The Kier molecular flexibility index (Phi) is 7.34. The Morgan fingerprint density at radius 1 is 1.27 bits per heavy atom. The lowest BCUT2D eigenvalue weighted by atomic mass is 10.1. The second-order valence-corrected chi connectivity index (χ2v) is 5.90. The van der Waals surface area contributed by atoms with E-state index in [1.165, 1.54) is 0 Å². The fourth-order valence-corrected chi connectivity index (χ4v) is 2.39. The third kappa shape index (κ3) is 5.04. The molecule has 0 spiro atoms. The van der Waals surface area contributed by atoms with E-state index in [9.17, 15) is 18.0 Å². The second kappa shape index (κ2) is 8.63. The summed E-state index contributed by atoms with van der Waals surface area (Å²) in [6, 6.07) is 0.154. The van der Waals surface area contributed by atoms with Crippen LogP contribution >= 0.6 is 12.4 Å². The maximum Gasteiger partial charge on any atom is 0.453 e. The molecule has 0 aliphatic carbocycles. The van der Waals surface area contributed by atoms with Crippen molar-refractivity contribution in [2.45, 2.75) is 45.8 Å². The molecule has 1 atom stereocenters. The van der Waals surface area contributed by atoms with Gasteiger partial charge in [0, 0.05) is 30.4 Å². The van der Waals surface area contributed by atoms with Gasteiger partial charge in [-0.2, -0.15) is 18.2 Å². The number of aromatic nitrogens is 4. The minimum absolute atomic E-state index is 0. The first-order valence-electron chi connectivity index (χ1n) is 7.87. The zero-order valence-corrected chi connectivity index (χ0v) is 15.8. The molecule has 2 N–H and O–H groups in total. The first kappa shape index (κ1) is 22.1. The van der Waals surface area contributed by atoms with Crippen molar-refractivity contribution in [1.29, 1.82) is 0 Å². The molecule has 0 saturated carbocycles. The van der Waals surface area contributed by atoms with E-state index in [2.05, 4.69) is 25.7 Å². The molecule has 2 aromatic rings. The highest BCUT2D eigenvalue weighted by Crippen LogP contribution is 2.27. The molecule has 2 aromatic heterocycles. The van der Waals surface area contributed by atoms with Gasteiger partial charge in [-0.15, -0.1) is 17.5 Å². The lowest BCUT2D eigenvalue weighted by Crippen LogP contribution is -2.37. The highest BCUT2D eigenvalue weighted by molar-refractivity contribution is 5.85. The molecule has 0 fully saturated rings. The Bertz CT molecular complexity index is 777. The molecule has 0 bridgehead atoms. The maximum atomic E-state index is 12.8. The number of likely N-dealkylation sites (N-methyl/N-ethyl adjacent to an activating group) is 1. The molecular weight excluding hydrogens is 373 g/mol. The average molecular weight is 395 g/mol. The van der Waals surface area contributed by atoms with Crippen molar-refractivity contribution in [3.8, 4) is 0 Å². The van der Waals surface area contributed by atoms with Gasteiger partial charge in [0.05, 0.1) is 0 Å². The molecule has 0 aliphatic heterocycles. The van der Waals surface area contributed by atoms with Crippen LogP contribution < -0.4 is 10.6 Å². The molecule has 0 radical (unpaired) electrons. The molecule has 146 valence electrons. The van der Waals surface area contributed by atoms with Crippen molar-refractivity contribution in [3.05, 3.63) is 22.8 Å². The fourth-order valence-electron chi connectivity index (χ4n) is 2.39. The minimum Gasteiger partial charge on any atom is -0.355 e. The second-order valence-electron chi connectivity index (χ2n) is 5.90. The van der Waals surface area contributed by atoms with Crippen LogP contribution in [0.2, 0.25) is 0 Å². The number of hydrogen-bond donors (Lipinski definition) is 2. The number of alkyl halides is 3. The fraction of sp³-hybridized carbons (Fsp3) is 0.600. The van der Waals surface area contributed by atoms with Gasteiger partial charge in [-0.3, -0.25) is 4.79 Å². The number of nitrogens with one attached hydrogen (secondary N) is 2. The third-order valence-corrected chi connectivity index (χ3v) is 4.00. The van der Waals surface area contributed by atoms with E-state index in [-0.39, 0.29) is 36.6 Å². The van der Waals surface area contributed by atoms with Gasteiger partial charge in [0.15, 0.2) is 0 Å². The molecule has 1 amide bonds. The molecular formula is C15H22ClF3N6O. The highest BCUT2D eigenvalue weighted by atomic mass is 35.5. The number of hydrogen-bond acceptors (Lipinski definition) is 5. The van der Waals surface area contributed by atoms with Crippen molar-refractivity contribution in [2.75, 3.05) is 13.6 Å². The summed E-state index contributed by atoms with van der Waals surface area (Å²) in [6.07, 6.45) is -4.05. The van der Waals surface area contributed by atoms with Gasteiger partial charge in [-0.25, -0.2) is 9.50 Å². The smallest absolute Gasteiger partial charge is 0.355 e. The predicted molar refractivity (Wildman–Crippen MR) is 92.4 cm³/mol. The van der Waals surface area contributed by atoms with Crippen molar-refractivity contribution in [3.63, 3.8) is 0 Å². The number of amides is 1. The lowest BCUT2D eigenvalue weighted by molar-refractivity contribution is -0.144. The van der Waals surface area contributed by atoms with Crippen molar-refractivity contribution >= 4 is 24.1 Å². The summed E-state index contributed by atoms with van der Waals surface area (Å²) in [5.74, 6) is -1.45. The van der Waals surface area contributed by atoms with Crippen LogP contribution in [0.15, 0.2) is 0 Å². The number of fused-ring (bicyclic) bond motifs is 1. The summed E-state index contributed by atoms with van der Waals surface area (Å²) in [6.45, 7) is 5.77. The normalized spacial score (nSPS) is 12.7. The van der Waals surface area contributed by atoms with Gasteiger partial charge < -0.3 is 10.6 Å². The summed E-state index contributed by atoms with van der Waals surface area (Å²) < 4.78 is 39.4. The molecule has 26 heavy (non-hydrogen) atoms. The van der Waals surface area contributed by atoms with Gasteiger partial charge in [0.2, 0.25) is 5.91 Å². The highest BCUT2D eigenvalue weighted by Gasteiger charge is 2.36. The zero-order chi connectivity index (χ0) is 18.8. The Morgan fingerprint density at radius 2 is 1.92 bits per heavy atom. The van der Waals surface area contributed by atoms with E-state index >= 15 is 0 Å². The van der Waals surface area contributed by atoms with Crippen LogP contribution in [0.1, 0.15) is 36.1 Å². The third-order valence-electron chi connectivity index (χ3n) is 4.00. The number of carbonyl (C=O) groups is 1. The number of carbonyl (C=O) groups excluding carboxylic acids is 1. The van der Waals surface area contributed by atoms with Gasteiger partial charge in [0.1, 0.15) is 0 Å². The van der Waals surface area contributed by atoms with Crippen LogP contribution in [0.4, 0.5) is 13.2 Å². The van der Waals surface area contributed by atoms with E-state index in [1.54, 1.807) is 20.9 Å². The number of rotatable bonds is 6. The molecule has 2 rings (SSSR count). The predicted octanol–water partition coefficient (Wildman–Crippen LogP) is 1.84. The van der Waals surface area contributed by atoms with E-state index in [0.717, 1.165) is 4.52 Å². The molecule has 0 saturated heterocycles. The molecule has 7 nitrogen and oxygen atoms in total. The Labute approximate surface area is 155 Å². The molecule has 1 unspecified atom stereocenters. The first-order valence-corrected chi connectivity index (χ1v) is 7.87. The molecule has 0 aromatic carbocycles. The van der Waals surface area contributed by atoms with E-state index in [1.807, 2.05) is 6.92 Å². The summed E-state index contributed by atoms with van der Waals surface area (Å²) in [7, 11) is 1.80. The quantitative estimate of drug-likeness (QED) is 0.781. The number of halogens is 4. The molecule has 11 heteroatoms. The minimum atomic E-state index is -4.63. The van der Waals surface area contributed by atoms with Crippen LogP contribution in [0.25, 0.3) is 5.78 Å². The van der Waals surface area contributed by atoms with E-state index in [4.69, 9.17) is 0 Å². The Hall–Kier alpha value is -1.94. The standard InChI is InChI=1S/C15H21F3N6O.ClH/c1-8(19-4)7-20-12(25)6-5-11-9(2)21-14-22-13(15(16,17)18)23-24(14)10(11)3;/h8,19H,5-7H2,1-4H3,(H,20,25);1H. The Balaban J connectivity index is 0.00000338. The SMILES string of the molecule is CNC(C)CNC(=O)CCc1c(C)nc2nc(C(F)(F)F)nn2c1C.Cl. The topological polar surface area (TPSA) is 84.2 Å². The monoisotopic (exact) mass is 394 g/mol. The average Bonchev–Trinajstić information content (AvgIpc) is 2.96. The van der Waals surface area contributed by atoms with Crippen molar-refractivity contribution in [1.82, 2.24) is 30.2 Å². The zero-order valence-electron chi connectivity index (χ0n) is 14.9. The van der Waals surface area contributed by atoms with Gasteiger partial charge in [-0.05, 0) is 39.8 Å². The summed E-state index contributed by atoms with van der Waals surface area (Å²) >= 11 is 0. The van der Waals surface area contributed by atoms with Crippen molar-refractivity contribution in [2.24, 2.45) is 0 Å².